The number of anilines is 1. The third-order valence-electron chi connectivity index (χ3n) is 4.56. The van der Waals surface area contributed by atoms with Crippen LogP contribution < -0.4 is 10.6 Å². The molecule has 106 valence electrons. The number of aryl methyl sites for hydroxylation is 1. The van der Waals surface area contributed by atoms with Gasteiger partial charge >= 0.3 is 0 Å². The molecule has 1 aliphatic carbocycles. The number of nitrogens with two attached hydrogens (primary N) is 1. The van der Waals surface area contributed by atoms with Crippen molar-refractivity contribution < 1.29 is 0 Å². The number of benzene rings is 1. The molecule has 1 saturated carbocycles. The van der Waals surface area contributed by atoms with E-state index in [1.807, 2.05) is 0 Å². The first-order valence-corrected chi connectivity index (χ1v) is 7.57. The minimum Gasteiger partial charge on any atom is -0.374 e. The fraction of sp³-hybridized carbons (Fsp3) is 0.647. The molecule has 0 saturated heterocycles. The zero-order valence-electron chi connectivity index (χ0n) is 12.8. The summed E-state index contributed by atoms with van der Waals surface area (Å²) in [5, 5.41) is 0. The Morgan fingerprint density at radius 1 is 1.42 bits per heavy atom. The molecule has 0 heterocycles. The molecular weight excluding hydrogens is 232 g/mol. The predicted octanol–water partition coefficient (Wildman–Crippen LogP) is 3.37. The number of rotatable bonds is 6. The van der Waals surface area contributed by atoms with Crippen molar-refractivity contribution >= 4 is 5.69 Å². The summed E-state index contributed by atoms with van der Waals surface area (Å²) in [4.78, 5) is 2.39. The van der Waals surface area contributed by atoms with E-state index < -0.39 is 0 Å². The quantitative estimate of drug-likeness (QED) is 0.849. The highest BCUT2D eigenvalue weighted by Crippen LogP contribution is 2.38. The highest BCUT2D eigenvalue weighted by Gasteiger charge is 2.33. The van der Waals surface area contributed by atoms with Gasteiger partial charge in [-0.3, -0.25) is 0 Å². The summed E-state index contributed by atoms with van der Waals surface area (Å²) in [5.74, 6) is 1.82. The first kappa shape index (κ1) is 14.4. The zero-order valence-corrected chi connectivity index (χ0v) is 12.8. The van der Waals surface area contributed by atoms with Crippen LogP contribution in [0.3, 0.4) is 0 Å². The lowest BCUT2D eigenvalue weighted by atomic mass is 9.99. The van der Waals surface area contributed by atoms with Crippen LogP contribution in [0.2, 0.25) is 0 Å². The largest absolute Gasteiger partial charge is 0.374 e. The number of nitrogens with zero attached hydrogens (tertiary/aromatic N) is 1. The van der Waals surface area contributed by atoms with Gasteiger partial charge in [-0.1, -0.05) is 19.9 Å². The van der Waals surface area contributed by atoms with Crippen molar-refractivity contribution in [3.63, 3.8) is 0 Å². The number of hydrogen-bond acceptors (Lipinski definition) is 2. The van der Waals surface area contributed by atoms with E-state index in [0.29, 0.717) is 0 Å². The molecule has 1 aliphatic rings. The highest BCUT2D eigenvalue weighted by molar-refractivity contribution is 5.50. The normalized spacial score (nSPS) is 23.2. The van der Waals surface area contributed by atoms with Gasteiger partial charge < -0.3 is 10.6 Å². The van der Waals surface area contributed by atoms with Crippen LogP contribution in [0.15, 0.2) is 18.2 Å². The topological polar surface area (TPSA) is 29.3 Å². The monoisotopic (exact) mass is 260 g/mol. The van der Waals surface area contributed by atoms with Gasteiger partial charge in [0.2, 0.25) is 0 Å². The maximum atomic E-state index is 6.05. The van der Waals surface area contributed by atoms with Gasteiger partial charge in [-0.25, -0.2) is 0 Å². The maximum Gasteiger partial charge on any atom is 0.0366 e. The molecule has 0 amide bonds. The Bertz CT molecular complexity index is 427. The summed E-state index contributed by atoms with van der Waals surface area (Å²) in [6.07, 6.45) is 3.43. The molecule has 1 fully saturated rings. The molecule has 1 aromatic rings. The molecule has 2 nitrogen and oxygen atoms in total. The summed E-state index contributed by atoms with van der Waals surface area (Å²) in [6, 6.07) is 7.10. The lowest BCUT2D eigenvalue weighted by Crippen LogP contribution is -2.23. The standard InChI is InChI=1S/C17H28N2/c1-5-16(18)10-14-6-7-17(9-13(14)3)19(4)11-15-8-12(15)2/h6-7,9,12,15-16H,5,8,10-11,18H2,1-4H3. The van der Waals surface area contributed by atoms with Gasteiger partial charge in [0.05, 0.1) is 0 Å². The Morgan fingerprint density at radius 3 is 2.63 bits per heavy atom. The average molecular weight is 260 g/mol. The summed E-state index contributed by atoms with van der Waals surface area (Å²) >= 11 is 0. The molecule has 0 spiro atoms. The fourth-order valence-electron chi connectivity index (χ4n) is 2.68. The SMILES string of the molecule is CCC(N)Cc1ccc(N(C)CC2CC2C)cc1C. The molecule has 0 radical (unpaired) electrons. The average Bonchev–Trinajstić information content (AvgIpc) is 3.07. The van der Waals surface area contributed by atoms with Crippen LogP contribution in [0.25, 0.3) is 0 Å². The summed E-state index contributed by atoms with van der Waals surface area (Å²) < 4.78 is 0. The lowest BCUT2D eigenvalue weighted by molar-refractivity contribution is 0.644. The van der Waals surface area contributed by atoms with Crippen LogP contribution in [-0.4, -0.2) is 19.6 Å². The summed E-state index contributed by atoms with van der Waals surface area (Å²) in [6.45, 7) is 7.89. The molecule has 2 heteroatoms. The smallest absolute Gasteiger partial charge is 0.0366 e. The Balaban J connectivity index is 2.01. The highest BCUT2D eigenvalue weighted by atomic mass is 15.1. The van der Waals surface area contributed by atoms with Crippen LogP contribution in [0, 0.1) is 18.8 Å². The predicted molar refractivity (Wildman–Crippen MR) is 83.7 cm³/mol. The maximum absolute atomic E-state index is 6.05. The van der Waals surface area contributed by atoms with Crippen molar-refractivity contribution in [3.05, 3.63) is 29.3 Å². The van der Waals surface area contributed by atoms with Gasteiger partial charge in [-0.05, 0) is 61.3 Å². The van der Waals surface area contributed by atoms with Crippen LogP contribution in [0.4, 0.5) is 5.69 Å². The van der Waals surface area contributed by atoms with E-state index in [1.165, 1.54) is 29.8 Å². The van der Waals surface area contributed by atoms with Crippen molar-refractivity contribution in [2.75, 3.05) is 18.5 Å². The van der Waals surface area contributed by atoms with Crippen molar-refractivity contribution in [1.82, 2.24) is 0 Å². The third-order valence-corrected chi connectivity index (χ3v) is 4.56. The Labute approximate surface area is 118 Å². The van der Waals surface area contributed by atoms with Gasteiger partial charge in [0.1, 0.15) is 0 Å². The van der Waals surface area contributed by atoms with Gasteiger partial charge in [0.15, 0.2) is 0 Å². The first-order valence-electron chi connectivity index (χ1n) is 7.57. The van der Waals surface area contributed by atoms with E-state index in [0.717, 1.165) is 24.7 Å². The first-order chi connectivity index (χ1) is 9.01. The zero-order chi connectivity index (χ0) is 14.0. The minimum absolute atomic E-state index is 0.287. The van der Waals surface area contributed by atoms with Gasteiger partial charge in [-0.15, -0.1) is 0 Å². The summed E-state index contributed by atoms with van der Waals surface area (Å²) in [7, 11) is 2.21. The molecule has 1 aromatic carbocycles. The molecule has 0 aromatic heterocycles. The molecular formula is C17H28N2. The Morgan fingerprint density at radius 2 is 2.11 bits per heavy atom. The molecule has 19 heavy (non-hydrogen) atoms. The van der Waals surface area contributed by atoms with Crippen LogP contribution in [-0.2, 0) is 6.42 Å². The fourth-order valence-corrected chi connectivity index (χ4v) is 2.68. The molecule has 3 atom stereocenters. The van der Waals surface area contributed by atoms with Crippen LogP contribution in [0.5, 0.6) is 0 Å². The Kier molecular flexibility index (Phi) is 4.51. The molecule has 2 N–H and O–H groups in total. The van der Waals surface area contributed by atoms with Gasteiger partial charge in [-0.2, -0.15) is 0 Å². The number of hydrogen-bond donors (Lipinski definition) is 1. The second-order valence-corrected chi connectivity index (χ2v) is 6.34. The van der Waals surface area contributed by atoms with Crippen molar-refractivity contribution in [2.45, 2.75) is 46.1 Å². The van der Waals surface area contributed by atoms with Gasteiger partial charge in [0.25, 0.3) is 0 Å². The minimum atomic E-state index is 0.287. The second kappa shape index (κ2) is 5.96. The van der Waals surface area contributed by atoms with Crippen LogP contribution in [0.1, 0.15) is 37.8 Å². The molecule has 2 rings (SSSR count). The van der Waals surface area contributed by atoms with E-state index in [1.54, 1.807) is 0 Å². The van der Waals surface area contributed by atoms with Crippen molar-refractivity contribution in [1.29, 1.82) is 0 Å². The Hall–Kier alpha value is -1.02. The molecule has 0 aliphatic heterocycles. The lowest BCUT2D eigenvalue weighted by Gasteiger charge is -2.21. The molecule has 0 bridgehead atoms. The molecule has 3 unspecified atom stereocenters. The summed E-state index contributed by atoms with van der Waals surface area (Å²) in [5.41, 5.74) is 10.2. The van der Waals surface area contributed by atoms with E-state index in [-0.39, 0.29) is 6.04 Å². The van der Waals surface area contributed by atoms with E-state index >= 15 is 0 Å². The van der Waals surface area contributed by atoms with Crippen molar-refractivity contribution in [3.8, 4) is 0 Å². The van der Waals surface area contributed by atoms with E-state index in [2.05, 4.69) is 50.9 Å². The van der Waals surface area contributed by atoms with Crippen molar-refractivity contribution in [2.24, 2.45) is 17.6 Å². The third kappa shape index (κ3) is 3.73. The van der Waals surface area contributed by atoms with Gasteiger partial charge in [0, 0.05) is 25.3 Å². The van der Waals surface area contributed by atoms with E-state index in [4.69, 9.17) is 5.73 Å². The second-order valence-electron chi connectivity index (χ2n) is 6.34. The van der Waals surface area contributed by atoms with Crippen LogP contribution >= 0.6 is 0 Å². The van der Waals surface area contributed by atoms with E-state index in [9.17, 15) is 0 Å².